The van der Waals surface area contributed by atoms with E-state index in [1.807, 2.05) is 0 Å². The second-order valence-corrected chi connectivity index (χ2v) is 5.81. The Morgan fingerprint density at radius 1 is 1.16 bits per heavy atom. The molecule has 2 aromatic rings. The van der Waals surface area contributed by atoms with Gasteiger partial charge in [-0.25, -0.2) is 0 Å². The molecule has 1 aliphatic rings. The van der Waals surface area contributed by atoms with Gasteiger partial charge in [-0.15, -0.1) is 0 Å². The van der Waals surface area contributed by atoms with Crippen LogP contribution < -0.4 is 9.47 Å². The van der Waals surface area contributed by atoms with Gasteiger partial charge in [0.2, 0.25) is 0 Å². The molecule has 0 aromatic heterocycles. The minimum absolute atomic E-state index is 0.153. The maximum atomic E-state index is 13.0. The smallest absolute Gasteiger partial charge is 0.255 e. The average molecular weight is 341 g/mol. The Morgan fingerprint density at radius 3 is 2.44 bits per heavy atom. The number of phenolic OH excluding ortho intramolecular Hbond substituents is 1. The molecule has 1 N–H and O–H groups in total. The zero-order valence-corrected chi connectivity index (χ0v) is 14.1. The second-order valence-electron chi connectivity index (χ2n) is 5.81. The average Bonchev–Trinajstić information content (AvgIpc) is 2.65. The summed E-state index contributed by atoms with van der Waals surface area (Å²) < 4.78 is 10.4. The Bertz CT molecular complexity index is 795. The molecule has 0 aliphatic carbocycles. The number of nitrogens with zero attached hydrogens (tertiary/aromatic N) is 1. The molecule has 0 fully saturated rings. The number of fused-ring (bicyclic) bond motifs is 1. The molecule has 1 unspecified atom stereocenters. The molecule has 6 nitrogen and oxygen atoms in total. The van der Waals surface area contributed by atoms with Gasteiger partial charge in [-0.05, 0) is 41.8 Å². The predicted octanol–water partition coefficient (Wildman–Crippen LogP) is 2.35. The van der Waals surface area contributed by atoms with Gasteiger partial charge >= 0.3 is 0 Å². The van der Waals surface area contributed by atoms with Gasteiger partial charge in [0.1, 0.15) is 29.6 Å². The third-order valence-electron chi connectivity index (χ3n) is 4.39. The van der Waals surface area contributed by atoms with Crippen LogP contribution in [-0.2, 0) is 11.2 Å². The molecule has 0 radical (unpaired) electrons. The number of aldehydes is 1. The van der Waals surface area contributed by atoms with Gasteiger partial charge in [0.05, 0.1) is 14.2 Å². The van der Waals surface area contributed by atoms with Crippen LogP contribution >= 0.6 is 0 Å². The van der Waals surface area contributed by atoms with Crippen molar-refractivity contribution >= 4 is 12.2 Å². The molecule has 1 amide bonds. The highest BCUT2D eigenvalue weighted by Gasteiger charge is 2.31. The van der Waals surface area contributed by atoms with Crippen LogP contribution in [0.1, 0.15) is 27.5 Å². The molecular formula is C19H19NO5. The van der Waals surface area contributed by atoms with E-state index in [2.05, 4.69) is 0 Å². The van der Waals surface area contributed by atoms with Gasteiger partial charge in [0.15, 0.2) is 0 Å². The van der Waals surface area contributed by atoms with E-state index in [4.69, 9.17) is 9.47 Å². The number of methoxy groups -OCH3 is 2. The van der Waals surface area contributed by atoms with Crippen LogP contribution in [0.15, 0.2) is 36.4 Å². The Balaban J connectivity index is 1.97. The van der Waals surface area contributed by atoms with E-state index < -0.39 is 6.04 Å². The number of hydrogen-bond acceptors (Lipinski definition) is 5. The molecule has 25 heavy (non-hydrogen) atoms. The third-order valence-corrected chi connectivity index (χ3v) is 4.39. The zero-order valence-electron chi connectivity index (χ0n) is 14.1. The SMILES string of the molecule is COc1cc(OC)cc(C(=O)N2CCc3cc(O)ccc3C2C=O)c1. The molecule has 1 heterocycles. The van der Waals surface area contributed by atoms with Crippen LogP contribution in [-0.4, -0.2) is 43.0 Å². The largest absolute Gasteiger partial charge is 0.508 e. The minimum Gasteiger partial charge on any atom is -0.508 e. The van der Waals surface area contributed by atoms with Crippen molar-refractivity contribution in [2.45, 2.75) is 12.5 Å². The lowest BCUT2D eigenvalue weighted by Gasteiger charge is -2.34. The highest BCUT2D eigenvalue weighted by atomic mass is 16.5. The van der Waals surface area contributed by atoms with Gasteiger partial charge in [0, 0.05) is 18.2 Å². The summed E-state index contributed by atoms with van der Waals surface area (Å²) in [5.41, 5.74) is 2.01. The molecule has 130 valence electrons. The van der Waals surface area contributed by atoms with E-state index in [1.54, 1.807) is 30.3 Å². The van der Waals surface area contributed by atoms with Crippen LogP contribution in [0.4, 0.5) is 0 Å². The van der Waals surface area contributed by atoms with E-state index in [0.29, 0.717) is 30.0 Å². The lowest BCUT2D eigenvalue weighted by molar-refractivity contribution is -0.112. The Labute approximate surface area is 145 Å². The normalized spacial score (nSPS) is 16.1. The number of hydrogen-bond donors (Lipinski definition) is 1. The summed E-state index contributed by atoms with van der Waals surface area (Å²) in [5.74, 6) is 0.897. The van der Waals surface area contributed by atoms with E-state index in [9.17, 15) is 14.7 Å². The number of aromatic hydroxyl groups is 1. The van der Waals surface area contributed by atoms with Crippen molar-refractivity contribution in [2.24, 2.45) is 0 Å². The van der Waals surface area contributed by atoms with Crippen LogP contribution in [0, 0.1) is 0 Å². The summed E-state index contributed by atoms with van der Waals surface area (Å²) in [6, 6.07) is 9.10. The fraction of sp³-hybridized carbons (Fsp3) is 0.263. The van der Waals surface area contributed by atoms with Gasteiger partial charge in [0.25, 0.3) is 5.91 Å². The van der Waals surface area contributed by atoms with Gasteiger partial charge in [-0.3, -0.25) is 4.79 Å². The van der Waals surface area contributed by atoms with Gasteiger partial charge in [-0.2, -0.15) is 0 Å². The van der Waals surface area contributed by atoms with Crippen LogP contribution in [0.2, 0.25) is 0 Å². The van der Waals surface area contributed by atoms with Gasteiger partial charge < -0.3 is 24.3 Å². The number of carbonyl (C=O) groups excluding carboxylic acids is 2. The Hall–Kier alpha value is -3.02. The van der Waals surface area contributed by atoms with E-state index in [1.165, 1.54) is 25.2 Å². The fourth-order valence-corrected chi connectivity index (χ4v) is 3.12. The van der Waals surface area contributed by atoms with Crippen LogP contribution in [0.3, 0.4) is 0 Å². The number of phenols is 1. The molecule has 0 bridgehead atoms. The van der Waals surface area contributed by atoms with Crippen molar-refractivity contribution in [2.75, 3.05) is 20.8 Å². The van der Waals surface area contributed by atoms with E-state index in [0.717, 1.165) is 17.4 Å². The van der Waals surface area contributed by atoms with Crippen molar-refractivity contribution in [3.05, 3.63) is 53.1 Å². The molecule has 6 heteroatoms. The third kappa shape index (κ3) is 3.15. The lowest BCUT2D eigenvalue weighted by Crippen LogP contribution is -2.40. The summed E-state index contributed by atoms with van der Waals surface area (Å²) in [6.07, 6.45) is 1.32. The first kappa shape index (κ1) is 16.8. The lowest BCUT2D eigenvalue weighted by atomic mass is 9.92. The first-order chi connectivity index (χ1) is 12.1. The zero-order chi connectivity index (χ0) is 18.0. The van der Waals surface area contributed by atoms with Crippen LogP contribution in [0.5, 0.6) is 17.2 Å². The summed E-state index contributed by atoms with van der Waals surface area (Å²) in [6.45, 7) is 0.387. The predicted molar refractivity (Wildman–Crippen MR) is 91.2 cm³/mol. The number of carbonyl (C=O) groups is 2. The van der Waals surface area contributed by atoms with Crippen molar-refractivity contribution < 1.29 is 24.2 Å². The second kappa shape index (κ2) is 6.84. The quantitative estimate of drug-likeness (QED) is 0.864. The van der Waals surface area contributed by atoms with Crippen molar-refractivity contribution in [3.8, 4) is 17.2 Å². The van der Waals surface area contributed by atoms with Crippen molar-refractivity contribution in [1.29, 1.82) is 0 Å². The molecule has 2 aromatic carbocycles. The highest BCUT2D eigenvalue weighted by molar-refractivity contribution is 5.97. The summed E-state index contributed by atoms with van der Waals surface area (Å²) in [7, 11) is 3.03. The van der Waals surface area contributed by atoms with Crippen molar-refractivity contribution in [1.82, 2.24) is 4.90 Å². The summed E-state index contributed by atoms with van der Waals surface area (Å²) in [5, 5.41) is 9.62. The van der Waals surface area contributed by atoms with E-state index in [-0.39, 0.29) is 11.7 Å². The monoisotopic (exact) mass is 341 g/mol. The molecular weight excluding hydrogens is 322 g/mol. The molecule has 1 aliphatic heterocycles. The standard InChI is InChI=1S/C19H19NO5/c1-24-15-8-13(9-16(10-15)25-2)19(23)20-6-5-12-7-14(22)3-4-17(12)18(20)11-21/h3-4,7-11,18,22H,5-6H2,1-2H3. The molecule has 0 saturated carbocycles. The molecule has 0 saturated heterocycles. The summed E-state index contributed by atoms with van der Waals surface area (Å²) >= 11 is 0. The topological polar surface area (TPSA) is 76.1 Å². The van der Waals surface area contributed by atoms with Gasteiger partial charge in [-0.1, -0.05) is 6.07 Å². The van der Waals surface area contributed by atoms with Crippen molar-refractivity contribution in [3.63, 3.8) is 0 Å². The maximum absolute atomic E-state index is 13.0. The first-order valence-corrected chi connectivity index (χ1v) is 7.88. The Morgan fingerprint density at radius 2 is 1.84 bits per heavy atom. The number of benzene rings is 2. The Kier molecular flexibility index (Phi) is 4.61. The fourth-order valence-electron chi connectivity index (χ4n) is 3.12. The highest BCUT2D eigenvalue weighted by Crippen LogP contribution is 2.33. The minimum atomic E-state index is -0.686. The van der Waals surface area contributed by atoms with E-state index >= 15 is 0 Å². The number of rotatable bonds is 4. The molecule has 0 spiro atoms. The molecule has 1 atom stereocenters. The number of amides is 1. The van der Waals surface area contributed by atoms with Crippen LogP contribution in [0.25, 0.3) is 0 Å². The summed E-state index contributed by atoms with van der Waals surface area (Å²) in [4.78, 5) is 26.2. The first-order valence-electron chi connectivity index (χ1n) is 7.88. The molecule has 3 rings (SSSR count). The number of ether oxygens (including phenoxy) is 2. The maximum Gasteiger partial charge on any atom is 0.255 e.